The number of aromatic nitrogens is 2. The molecule has 0 aliphatic carbocycles. The molecule has 0 aromatic carbocycles. The van der Waals surface area contributed by atoms with Crippen LogP contribution < -0.4 is 11.3 Å². The summed E-state index contributed by atoms with van der Waals surface area (Å²) < 4.78 is 3.70. The summed E-state index contributed by atoms with van der Waals surface area (Å²) in [6, 6.07) is -0.0139. The maximum absolute atomic E-state index is 5.26. The highest BCUT2D eigenvalue weighted by Gasteiger charge is 2.09. The zero-order valence-corrected chi connectivity index (χ0v) is 6.64. The highest BCUT2D eigenvalue weighted by molar-refractivity contribution is 7.05. The minimum Gasteiger partial charge on any atom is -0.271 e. The summed E-state index contributed by atoms with van der Waals surface area (Å²) in [5.74, 6) is 7.77. The molecule has 0 radical (unpaired) electrons. The van der Waals surface area contributed by atoms with Crippen LogP contribution in [0.5, 0.6) is 0 Å². The van der Waals surface area contributed by atoms with Crippen molar-refractivity contribution in [1.82, 2.24) is 15.0 Å². The van der Waals surface area contributed by atoms with E-state index < -0.39 is 0 Å². The van der Waals surface area contributed by atoms with Crippen LogP contribution in [0.2, 0.25) is 0 Å². The Kier molecular flexibility index (Phi) is 2.98. The maximum Gasteiger partial charge on any atom is 0.0694 e. The zero-order valence-electron chi connectivity index (χ0n) is 5.82. The molecule has 0 fully saturated rings. The molecule has 1 atom stereocenters. The molecule has 11 heavy (non-hydrogen) atoms. The first-order chi connectivity index (χ1) is 5.38. The molecule has 4 nitrogen and oxygen atoms in total. The van der Waals surface area contributed by atoms with E-state index in [1.165, 1.54) is 11.5 Å². The standard InChI is InChI=1S/C6H8N4S/c1-2-3-5(9-7)6-4-8-10-11-6/h1,4-5,9H,3,7H2. The van der Waals surface area contributed by atoms with Crippen LogP contribution in [0.3, 0.4) is 0 Å². The Balaban J connectivity index is 2.65. The Labute approximate surface area is 68.9 Å². The molecule has 1 heterocycles. The molecule has 58 valence electrons. The lowest BCUT2D eigenvalue weighted by atomic mass is 10.2. The Morgan fingerprint density at radius 3 is 3.18 bits per heavy atom. The average Bonchev–Trinajstić information content (AvgIpc) is 2.52. The number of hydrogen-bond acceptors (Lipinski definition) is 5. The van der Waals surface area contributed by atoms with E-state index in [4.69, 9.17) is 12.3 Å². The first-order valence-corrected chi connectivity index (χ1v) is 3.82. The van der Waals surface area contributed by atoms with Crippen molar-refractivity contribution >= 4 is 11.5 Å². The van der Waals surface area contributed by atoms with Crippen molar-refractivity contribution in [2.45, 2.75) is 12.5 Å². The van der Waals surface area contributed by atoms with Crippen LogP contribution in [0.15, 0.2) is 6.20 Å². The van der Waals surface area contributed by atoms with Crippen LogP contribution in [0.4, 0.5) is 0 Å². The molecule has 0 saturated carbocycles. The van der Waals surface area contributed by atoms with Gasteiger partial charge in [-0.1, -0.05) is 4.49 Å². The summed E-state index contributed by atoms with van der Waals surface area (Å²) in [6.07, 6.45) is 7.34. The third-order valence-electron chi connectivity index (χ3n) is 1.24. The van der Waals surface area contributed by atoms with Crippen molar-refractivity contribution < 1.29 is 0 Å². The third-order valence-corrected chi connectivity index (χ3v) is 2.02. The van der Waals surface area contributed by atoms with Crippen molar-refractivity contribution in [1.29, 1.82) is 0 Å². The number of nitrogens with one attached hydrogen (secondary N) is 1. The predicted molar refractivity (Wildman–Crippen MR) is 43.4 cm³/mol. The largest absolute Gasteiger partial charge is 0.271 e. The van der Waals surface area contributed by atoms with Crippen molar-refractivity contribution in [3.05, 3.63) is 11.1 Å². The fourth-order valence-corrected chi connectivity index (χ4v) is 1.25. The van der Waals surface area contributed by atoms with E-state index in [0.29, 0.717) is 6.42 Å². The molecule has 0 bridgehead atoms. The zero-order chi connectivity index (χ0) is 8.10. The minimum absolute atomic E-state index is 0.0139. The fraction of sp³-hybridized carbons (Fsp3) is 0.333. The van der Waals surface area contributed by atoms with Gasteiger partial charge < -0.3 is 0 Å². The van der Waals surface area contributed by atoms with Crippen LogP contribution in [-0.2, 0) is 0 Å². The smallest absolute Gasteiger partial charge is 0.0694 e. The van der Waals surface area contributed by atoms with Crippen LogP contribution >= 0.6 is 11.5 Å². The molecule has 0 amide bonds. The second-order valence-corrected chi connectivity index (χ2v) is 2.76. The first-order valence-electron chi connectivity index (χ1n) is 3.05. The van der Waals surface area contributed by atoms with Gasteiger partial charge in [0.1, 0.15) is 0 Å². The fourth-order valence-electron chi connectivity index (χ4n) is 0.688. The molecule has 1 aromatic rings. The quantitative estimate of drug-likeness (QED) is 0.381. The van der Waals surface area contributed by atoms with Gasteiger partial charge in [-0.2, -0.15) is 0 Å². The van der Waals surface area contributed by atoms with Gasteiger partial charge in [-0.05, 0) is 11.5 Å². The summed E-state index contributed by atoms with van der Waals surface area (Å²) in [5, 5.41) is 3.68. The number of nitrogens with two attached hydrogens (primary N) is 1. The van der Waals surface area contributed by atoms with Crippen LogP contribution in [-0.4, -0.2) is 9.59 Å². The van der Waals surface area contributed by atoms with E-state index >= 15 is 0 Å². The van der Waals surface area contributed by atoms with Crippen LogP contribution in [0.25, 0.3) is 0 Å². The van der Waals surface area contributed by atoms with Crippen molar-refractivity contribution in [3.63, 3.8) is 0 Å². The molecule has 0 aliphatic heterocycles. The second-order valence-electron chi connectivity index (χ2n) is 1.95. The van der Waals surface area contributed by atoms with E-state index in [-0.39, 0.29) is 6.04 Å². The van der Waals surface area contributed by atoms with Gasteiger partial charge in [0.25, 0.3) is 0 Å². The van der Waals surface area contributed by atoms with E-state index in [1.807, 2.05) is 0 Å². The van der Waals surface area contributed by atoms with Gasteiger partial charge in [0.2, 0.25) is 0 Å². The summed E-state index contributed by atoms with van der Waals surface area (Å²) >= 11 is 1.30. The number of hydrazine groups is 1. The van der Waals surface area contributed by atoms with Gasteiger partial charge >= 0.3 is 0 Å². The van der Waals surface area contributed by atoms with Gasteiger partial charge in [0.15, 0.2) is 0 Å². The Hall–Kier alpha value is -0.960. The monoisotopic (exact) mass is 168 g/mol. The maximum atomic E-state index is 5.26. The van der Waals surface area contributed by atoms with Crippen molar-refractivity contribution in [2.75, 3.05) is 0 Å². The van der Waals surface area contributed by atoms with Crippen LogP contribution in [0.1, 0.15) is 17.3 Å². The van der Waals surface area contributed by atoms with E-state index in [1.54, 1.807) is 6.20 Å². The normalized spacial score (nSPS) is 12.4. The molecule has 0 aliphatic rings. The molecule has 0 spiro atoms. The number of rotatable bonds is 3. The number of hydrogen-bond donors (Lipinski definition) is 2. The summed E-state index contributed by atoms with van der Waals surface area (Å²) in [7, 11) is 0. The number of nitrogens with zero attached hydrogens (tertiary/aromatic N) is 2. The molecule has 5 heteroatoms. The summed E-state index contributed by atoms with van der Waals surface area (Å²) in [4.78, 5) is 0.963. The van der Waals surface area contributed by atoms with Gasteiger partial charge in [-0.25, -0.2) is 0 Å². The number of terminal acetylenes is 1. The highest BCUT2D eigenvalue weighted by atomic mass is 32.1. The molecular formula is C6H8N4S. The minimum atomic E-state index is -0.0139. The Bertz CT molecular complexity index is 238. The first kappa shape index (κ1) is 8.14. The predicted octanol–water partition coefficient (Wildman–Crippen LogP) is 0.0658. The van der Waals surface area contributed by atoms with E-state index in [2.05, 4.69) is 20.9 Å². The Morgan fingerprint density at radius 2 is 2.73 bits per heavy atom. The molecule has 3 N–H and O–H groups in total. The van der Waals surface area contributed by atoms with Gasteiger partial charge in [-0.15, -0.1) is 17.4 Å². The SMILES string of the molecule is C#CCC(NN)c1cnns1. The van der Waals surface area contributed by atoms with E-state index in [9.17, 15) is 0 Å². The van der Waals surface area contributed by atoms with Gasteiger partial charge in [-0.3, -0.25) is 11.3 Å². The second kappa shape index (κ2) is 4.03. The molecule has 1 aromatic heterocycles. The van der Waals surface area contributed by atoms with Crippen LogP contribution in [0, 0.1) is 12.3 Å². The third kappa shape index (κ3) is 1.98. The van der Waals surface area contributed by atoms with Crippen molar-refractivity contribution in [2.24, 2.45) is 5.84 Å². The lowest BCUT2D eigenvalue weighted by Crippen LogP contribution is -2.26. The summed E-state index contributed by atoms with van der Waals surface area (Å²) in [5.41, 5.74) is 2.59. The summed E-state index contributed by atoms with van der Waals surface area (Å²) in [6.45, 7) is 0. The topological polar surface area (TPSA) is 63.8 Å². The Morgan fingerprint density at radius 1 is 1.91 bits per heavy atom. The van der Waals surface area contributed by atoms with Gasteiger partial charge in [0.05, 0.1) is 17.1 Å². The van der Waals surface area contributed by atoms with E-state index in [0.717, 1.165) is 4.88 Å². The highest BCUT2D eigenvalue weighted by Crippen LogP contribution is 2.16. The molecule has 1 rings (SSSR count). The van der Waals surface area contributed by atoms with Crippen molar-refractivity contribution in [3.8, 4) is 12.3 Å². The lowest BCUT2D eigenvalue weighted by molar-refractivity contribution is 0.576. The molecule has 0 saturated heterocycles. The lowest BCUT2D eigenvalue weighted by Gasteiger charge is -2.07. The van der Waals surface area contributed by atoms with Gasteiger partial charge in [0, 0.05) is 6.42 Å². The average molecular weight is 168 g/mol. The molecular weight excluding hydrogens is 160 g/mol. The molecule has 1 unspecified atom stereocenters.